The molecule has 1 fully saturated rings. The van der Waals surface area contributed by atoms with E-state index < -0.39 is 17.5 Å². The minimum absolute atomic E-state index is 0.0531. The number of carbonyl (C=O) groups is 1. The van der Waals surface area contributed by atoms with Crippen molar-refractivity contribution in [3.8, 4) is 0 Å². The second kappa shape index (κ2) is 5.07. The third-order valence-electron chi connectivity index (χ3n) is 3.82. The Hall–Kier alpha value is -1.59. The van der Waals surface area contributed by atoms with Crippen LogP contribution in [0.5, 0.6) is 0 Å². The van der Waals surface area contributed by atoms with Gasteiger partial charge in [0.15, 0.2) is 0 Å². The van der Waals surface area contributed by atoms with E-state index in [0.29, 0.717) is 5.56 Å². The molecule has 20 heavy (non-hydrogen) atoms. The Morgan fingerprint density at radius 1 is 1.45 bits per heavy atom. The predicted octanol–water partition coefficient (Wildman–Crippen LogP) is 3.13. The van der Waals surface area contributed by atoms with Crippen LogP contribution >= 0.6 is 0 Å². The van der Waals surface area contributed by atoms with Gasteiger partial charge in [-0.05, 0) is 24.0 Å². The van der Waals surface area contributed by atoms with Gasteiger partial charge in [0.25, 0.3) is 5.91 Å². The van der Waals surface area contributed by atoms with E-state index in [0.717, 1.165) is 0 Å². The van der Waals surface area contributed by atoms with E-state index in [1.807, 2.05) is 0 Å². The number of alkyl halides is 3. The number of hydrogen-bond acceptors (Lipinski definition) is 2. The summed E-state index contributed by atoms with van der Waals surface area (Å²) in [6.07, 6.45) is -1.28. The van der Waals surface area contributed by atoms with Gasteiger partial charge in [0.2, 0.25) is 0 Å². The van der Waals surface area contributed by atoms with E-state index in [-0.39, 0.29) is 25.4 Å². The zero-order valence-corrected chi connectivity index (χ0v) is 11.4. The Morgan fingerprint density at radius 2 is 2.15 bits per heavy atom. The molecular weight excluding hydrogens is 269 g/mol. The van der Waals surface area contributed by atoms with Crippen molar-refractivity contribution < 1.29 is 18.0 Å². The number of amides is 1. The van der Waals surface area contributed by atoms with E-state index >= 15 is 0 Å². The molecular formula is C14H17F3N2O. The molecule has 0 bridgehead atoms. The molecule has 6 heteroatoms. The van der Waals surface area contributed by atoms with Crippen LogP contribution in [0, 0.1) is 11.3 Å². The highest BCUT2D eigenvalue weighted by Gasteiger charge is 2.51. The number of hydrogen-bond donors (Lipinski definition) is 0. The van der Waals surface area contributed by atoms with Gasteiger partial charge < -0.3 is 4.90 Å². The summed E-state index contributed by atoms with van der Waals surface area (Å²) < 4.78 is 38.9. The average molecular weight is 286 g/mol. The van der Waals surface area contributed by atoms with Crippen LogP contribution in [-0.4, -0.2) is 35.1 Å². The normalized spacial score (nSPS) is 22.6. The van der Waals surface area contributed by atoms with Crippen molar-refractivity contribution in [1.82, 2.24) is 9.88 Å². The van der Waals surface area contributed by atoms with Gasteiger partial charge in [-0.3, -0.25) is 9.78 Å². The first kappa shape index (κ1) is 14.8. The largest absolute Gasteiger partial charge is 0.392 e. The quantitative estimate of drug-likeness (QED) is 0.794. The van der Waals surface area contributed by atoms with Gasteiger partial charge in [0, 0.05) is 25.5 Å². The summed E-state index contributed by atoms with van der Waals surface area (Å²) in [5.74, 6) is -1.63. The maximum atomic E-state index is 13.0. The third-order valence-corrected chi connectivity index (χ3v) is 3.82. The Kier molecular flexibility index (Phi) is 3.75. The van der Waals surface area contributed by atoms with E-state index in [1.165, 1.54) is 11.1 Å². The van der Waals surface area contributed by atoms with Crippen molar-refractivity contribution in [3.05, 3.63) is 30.1 Å². The van der Waals surface area contributed by atoms with Crippen LogP contribution in [0.15, 0.2) is 24.5 Å². The lowest BCUT2D eigenvalue weighted by molar-refractivity contribution is -0.214. The first-order valence-corrected chi connectivity index (χ1v) is 6.48. The van der Waals surface area contributed by atoms with Crippen molar-refractivity contribution in [1.29, 1.82) is 0 Å². The van der Waals surface area contributed by atoms with Crippen molar-refractivity contribution >= 4 is 5.91 Å². The molecule has 3 nitrogen and oxygen atoms in total. The van der Waals surface area contributed by atoms with Crippen LogP contribution in [-0.2, 0) is 0 Å². The molecule has 0 aromatic carbocycles. The highest BCUT2D eigenvalue weighted by atomic mass is 19.4. The lowest BCUT2D eigenvalue weighted by Crippen LogP contribution is -2.52. The number of halogens is 3. The second-order valence-corrected chi connectivity index (χ2v) is 5.84. The van der Waals surface area contributed by atoms with Crippen molar-refractivity contribution in [2.24, 2.45) is 11.3 Å². The summed E-state index contributed by atoms with van der Waals surface area (Å²) >= 11 is 0. The van der Waals surface area contributed by atoms with Gasteiger partial charge in [-0.2, -0.15) is 13.2 Å². The number of aromatic nitrogens is 1. The summed E-state index contributed by atoms with van der Waals surface area (Å²) in [5.41, 5.74) is -0.567. The summed E-state index contributed by atoms with van der Waals surface area (Å²) in [7, 11) is 0. The number of carbonyl (C=O) groups excluding carboxylic acids is 1. The second-order valence-electron chi connectivity index (χ2n) is 5.84. The number of nitrogens with zero attached hydrogens (tertiary/aromatic N) is 2. The molecule has 0 unspecified atom stereocenters. The van der Waals surface area contributed by atoms with Crippen LogP contribution in [0.3, 0.4) is 0 Å². The minimum atomic E-state index is -4.22. The van der Waals surface area contributed by atoms with Gasteiger partial charge in [-0.1, -0.05) is 13.8 Å². The fourth-order valence-corrected chi connectivity index (χ4v) is 2.81. The summed E-state index contributed by atoms with van der Waals surface area (Å²) in [6, 6.07) is 3.26. The van der Waals surface area contributed by atoms with Crippen molar-refractivity contribution in [2.75, 3.05) is 13.1 Å². The van der Waals surface area contributed by atoms with E-state index in [2.05, 4.69) is 4.98 Å². The number of likely N-dealkylation sites (tertiary alicyclic amines) is 1. The van der Waals surface area contributed by atoms with Gasteiger partial charge in [0.05, 0.1) is 11.5 Å². The lowest BCUT2D eigenvalue weighted by atomic mass is 9.73. The molecule has 1 aliphatic rings. The molecule has 0 aliphatic carbocycles. The molecule has 0 saturated carbocycles. The van der Waals surface area contributed by atoms with E-state index in [1.54, 1.807) is 32.2 Å². The molecule has 0 N–H and O–H groups in total. The molecule has 1 amide bonds. The molecule has 1 aromatic rings. The van der Waals surface area contributed by atoms with Gasteiger partial charge >= 0.3 is 6.18 Å². The maximum absolute atomic E-state index is 13.0. The SMILES string of the molecule is CC1(C)CN(C(=O)c2cccnc2)CC[C@H]1C(F)(F)F. The zero-order chi connectivity index (χ0) is 15.0. The van der Waals surface area contributed by atoms with Crippen LogP contribution in [0.2, 0.25) is 0 Å². The molecule has 1 atom stereocenters. The van der Waals surface area contributed by atoms with Crippen molar-refractivity contribution in [2.45, 2.75) is 26.4 Å². The summed E-state index contributed by atoms with van der Waals surface area (Å²) in [4.78, 5) is 17.6. The Balaban J connectivity index is 2.14. The topological polar surface area (TPSA) is 33.2 Å². The number of rotatable bonds is 1. The highest BCUT2D eigenvalue weighted by molar-refractivity contribution is 5.93. The van der Waals surface area contributed by atoms with Crippen LogP contribution in [0.1, 0.15) is 30.6 Å². The van der Waals surface area contributed by atoms with Gasteiger partial charge in [0.1, 0.15) is 0 Å². The fourth-order valence-electron chi connectivity index (χ4n) is 2.81. The zero-order valence-electron chi connectivity index (χ0n) is 11.4. The minimum Gasteiger partial charge on any atom is -0.338 e. The Bertz CT molecular complexity index is 485. The van der Waals surface area contributed by atoms with Gasteiger partial charge in [-0.15, -0.1) is 0 Å². The molecule has 2 heterocycles. The van der Waals surface area contributed by atoms with E-state index in [9.17, 15) is 18.0 Å². The predicted molar refractivity (Wildman–Crippen MR) is 68.1 cm³/mol. The van der Waals surface area contributed by atoms with Crippen LogP contribution in [0.4, 0.5) is 13.2 Å². The highest BCUT2D eigenvalue weighted by Crippen LogP contribution is 2.45. The molecule has 1 aliphatic heterocycles. The Labute approximate surface area is 115 Å². The van der Waals surface area contributed by atoms with Crippen LogP contribution < -0.4 is 0 Å². The number of pyridine rings is 1. The fraction of sp³-hybridized carbons (Fsp3) is 0.571. The summed E-state index contributed by atoms with van der Waals surface area (Å²) in [6.45, 7) is 3.36. The molecule has 2 rings (SSSR count). The molecule has 0 radical (unpaired) electrons. The van der Waals surface area contributed by atoms with E-state index in [4.69, 9.17) is 0 Å². The average Bonchev–Trinajstić information content (AvgIpc) is 2.36. The monoisotopic (exact) mass is 286 g/mol. The standard InChI is InChI=1S/C14H17F3N2O/c1-13(2)9-19(7-5-11(13)14(15,16)17)12(20)10-4-3-6-18-8-10/h3-4,6,8,11H,5,7,9H2,1-2H3/t11-/m1/s1. The molecule has 1 aromatic heterocycles. The summed E-state index contributed by atoms with van der Waals surface area (Å²) in [5, 5.41) is 0. The van der Waals surface area contributed by atoms with Crippen molar-refractivity contribution in [3.63, 3.8) is 0 Å². The molecule has 0 spiro atoms. The number of piperidine rings is 1. The smallest absolute Gasteiger partial charge is 0.338 e. The first-order valence-electron chi connectivity index (χ1n) is 6.48. The third kappa shape index (κ3) is 2.94. The lowest BCUT2D eigenvalue weighted by Gasteiger charge is -2.44. The van der Waals surface area contributed by atoms with Gasteiger partial charge in [-0.25, -0.2) is 0 Å². The first-order chi connectivity index (χ1) is 9.22. The van der Waals surface area contributed by atoms with Crippen LogP contribution in [0.25, 0.3) is 0 Å². The molecule has 1 saturated heterocycles. The molecule has 110 valence electrons. The Morgan fingerprint density at radius 3 is 2.65 bits per heavy atom. The maximum Gasteiger partial charge on any atom is 0.392 e.